The Balaban J connectivity index is 2.24. The van der Waals surface area contributed by atoms with Crippen LogP contribution in [-0.4, -0.2) is 17.6 Å². The van der Waals surface area contributed by atoms with Crippen molar-refractivity contribution in [1.29, 1.82) is 0 Å². The van der Waals surface area contributed by atoms with Crippen LogP contribution in [0.15, 0.2) is 42.5 Å². The van der Waals surface area contributed by atoms with Gasteiger partial charge in [0.25, 0.3) is 5.91 Å². The van der Waals surface area contributed by atoms with E-state index in [1.807, 2.05) is 25.1 Å². The molecule has 0 saturated heterocycles. The van der Waals surface area contributed by atoms with E-state index in [0.717, 1.165) is 28.8 Å². The molecule has 4 heteroatoms. The fraction of sp³-hybridized carbons (Fsp3) is 0.211. The van der Waals surface area contributed by atoms with Crippen LogP contribution in [0, 0.1) is 6.92 Å². The summed E-state index contributed by atoms with van der Waals surface area (Å²) >= 11 is 5.92. The van der Waals surface area contributed by atoms with E-state index < -0.39 is 0 Å². The molecule has 0 amide bonds. The predicted octanol–water partition coefficient (Wildman–Crippen LogP) is 4.86. The van der Waals surface area contributed by atoms with Crippen LogP contribution in [0.4, 0.5) is 0 Å². The van der Waals surface area contributed by atoms with Crippen molar-refractivity contribution in [3.8, 4) is 5.75 Å². The molecule has 0 unspecified atom stereocenters. The van der Waals surface area contributed by atoms with E-state index in [4.69, 9.17) is 16.3 Å². The maximum absolute atomic E-state index is 13.0. The zero-order valence-corrected chi connectivity index (χ0v) is 14.1. The van der Waals surface area contributed by atoms with Gasteiger partial charge in [-0.15, -0.1) is 0 Å². The van der Waals surface area contributed by atoms with Gasteiger partial charge in [0, 0.05) is 27.7 Å². The van der Waals surface area contributed by atoms with Gasteiger partial charge in [-0.1, -0.05) is 18.5 Å². The van der Waals surface area contributed by atoms with Crippen molar-refractivity contribution in [3.05, 3.63) is 64.3 Å². The van der Waals surface area contributed by atoms with E-state index in [1.165, 1.54) is 5.56 Å². The van der Waals surface area contributed by atoms with Crippen molar-refractivity contribution < 1.29 is 9.53 Å². The number of nitrogens with zero attached hydrogens (tertiary/aromatic N) is 1. The number of hydrogen-bond acceptors (Lipinski definition) is 2. The van der Waals surface area contributed by atoms with Crippen LogP contribution in [-0.2, 0) is 6.42 Å². The zero-order valence-electron chi connectivity index (χ0n) is 13.4. The molecule has 23 heavy (non-hydrogen) atoms. The number of halogens is 1. The Morgan fingerprint density at radius 1 is 1.17 bits per heavy atom. The van der Waals surface area contributed by atoms with E-state index in [-0.39, 0.29) is 5.91 Å². The summed E-state index contributed by atoms with van der Waals surface area (Å²) in [5.74, 6) is 0.680. The topological polar surface area (TPSA) is 31.2 Å². The zero-order chi connectivity index (χ0) is 16.6. The number of aryl methyl sites for hydroxylation is 1. The molecule has 0 aliphatic carbocycles. The number of rotatable bonds is 3. The summed E-state index contributed by atoms with van der Waals surface area (Å²) in [5, 5.41) is 1.71. The lowest BCUT2D eigenvalue weighted by Crippen LogP contribution is -2.13. The molecular formula is C19H18ClNO2. The van der Waals surface area contributed by atoms with Crippen molar-refractivity contribution in [2.75, 3.05) is 7.11 Å². The van der Waals surface area contributed by atoms with Crippen LogP contribution in [0.3, 0.4) is 0 Å². The Morgan fingerprint density at radius 3 is 2.48 bits per heavy atom. The minimum Gasteiger partial charge on any atom is -0.497 e. The molecule has 0 atom stereocenters. The highest BCUT2D eigenvalue weighted by Crippen LogP contribution is 2.30. The quantitative estimate of drug-likeness (QED) is 0.687. The fourth-order valence-corrected chi connectivity index (χ4v) is 3.14. The largest absolute Gasteiger partial charge is 0.497 e. The van der Waals surface area contributed by atoms with E-state index in [9.17, 15) is 4.79 Å². The van der Waals surface area contributed by atoms with Crippen LogP contribution in [0.1, 0.15) is 28.5 Å². The summed E-state index contributed by atoms with van der Waals surface area (Å²) < 4.78 is 7.08. The maximum Gasteiger partial charge on any atom is 0.262 e. The van der Waals surface area contributed by atoms with Gasteiger partial charge in [-0.3, -0.25) is 9.36 Å². The van der Waals surface area contributed by atoms with Gasteiger partial charge in [0.15, 0.2) is 0 Å². The standard InChI is InChI=1S/C19H18ClNO2/c1-4-16-12(2)21(18-11-15(23-3)9-10-17(16)18)19(22)13-5-7-14(20)8-6-13/h5-11H,4H2,1-3H3. The molecule has 3 aromatic rings. The number of hydrogen-bond donors (Lipinski definition) is 0. The normalized spacial score (nSPS) is 11.0. The summed E-state index contributed by atoms with van der Waals surface area (Å²) in [6.45, 7) is 4.09. The van der Waals surface area contributed by atoms with Gasteiger partial charge < -0.3 is 4.74 Å². The lowest BCUT2D eigenvalue weighted by atomic mass is 10.1. The van der Waals surface area contributed by atoms with Crippen LogP contribution < -0.4 is 4.74 Å². The van der Waals surface area contributed by atoms with Gasteiger partial charge in [-0.2, -0.15) is 0 Å². The number of methoxy groups -OCH3 is 1. The molecular weight excluding hydrogens is 310 g/mol. The molecule has 1 heterocycles. The average molecular weight is 328 g/mol. The highest BCUT2D eigenvalue weighted by atomic mass is 35.5. The Kier molecular flexibility index (Phi) is 4.14. The highest BCUT2D eigenvalue weighted by Gasteiger charge is 2.19. The Morgan fingerprint density at radius 2 is 1.87 bits per heavy atom. The van der Waals surface area contributed by atoms with E-state index in [1.54, 1.807) is 35.9 Å². The summed E-state index contributed by atoms with van der Waals surface area (Å²) in [4.78, 5) is 13.0. The molecule has 118 valence electrons. The Labute approximate surface area is 140 Å². The molecule has 3 nitrogen and oxygen atoms in total. The van der Waals surface area contributed by atoms with Crippen LogP contribution in [0.5, 0.6) is 5.75 Å². The van der Waals surface area contributed by atoms with Crippen LogP contribution >= 0.6 is 11.6 Å². The number of carbonyl (C=O) groups is 1. The molecule has 0 radical (unpaired) electrons. The van der Waals surface area contributed by atoms with Gasteiger partial charge >= 0.3 is 0 Å². The van der Waals surface area contributed by atoms with Crippen LogP contribution in [0.2, 0.25) is 5.02 Å². The predicted molar refractivity (Wildman–Crippen MR) is 93.8 cm³/mol. The second-order valence-electron chi connectivity index (χ2n) is 5.45. The monoisotopic (exact) mass is 327 g/mol. The lowest BCUT2D eigenvalue weighted by Gasteiger charge is -2.08. The van der Waals surface area contributed by atoms with Gasteiger partial charge in [0.2, 0.25) is 0 Å². The first-order chi connectivity index (χ1) is 11.1. The molecule has 2 aromatic carbocycles. The minimum atomic E-state index is -0.0582. The van der Waals surface area contributed by atoms with Crippen molar-refractivity contribution in [3.63, 3.8) is 0 Å². The second-order valence-corrected chi connectivity index (χ2v) is 5.88. The van der Waals surface area contributed by atoms with Crippen LogP contribution in [0.25, 0.3) is 10.9 Å². The van der Waals surface area contributed by atoms with Gasteiger partial charge in [-0.05, 0) is 55.3 Å². The highest BCUT2D eigenvalue weighted by molar-refractivity contribution is 6.30. The molecule has 0 fully saturated rings. The average Bonchev–Trinajstić information content (AvgIpc) is 2.85. The first kappa shape index (κ1) is 15.6. The fourth-order valence-electron chi connectivity index (χ4n) is 3.02. The van der Waals surface area contributed by atoms with Gasteiger partial charge in [0.05, 0.1) is 12.6 Å². The van der Waals surface area contributed by atoms with Gasteiger partial charge in [-0.25, -0.2) is 0 Å². The summed E-state index contributed by atoms with van der Waals surface area (Å²) in [5.41, 5.74) is 3.64. The second kappa shape index (κ2) is 6.09. The van der Waals surface area contributed by atoms with Crippen molar-refractivity contribution in [2.45, 2.75) is 20.3 Å². The Bertz CT molecular complexity index is 879. The number of ether oxygens (including phenoxy) is 1. The number of aromatic nitrogens is 1. The number of benzene rings is 2. The maximum atomic E-state index is 13.0. The first-order valence-corrected chi connectivity index (χ1v) is 7.92. The summed E-state index contributed by atoms with van der Waals surface area (Å²) in [7, 11) is 1.63. The number of carbonyl (C=O) groups excluding carboxylic acids is 1. The molecule has 0 spiro atoms. The van der Waals surface area contributed by atoms with Gasteiger partial charge in [0.1, 0.15) is 5.75 Å². The van der Waals surface area contributed by atoms with Crippen molar-refractivity contribution in [2.24, 2.45) is 0 Å². The molecule has 0 bridgehead atoms. The van der Waals surface area contributed by atoms with E-state index >= 15 is 0 Å². The number of fused-ring (bicyclic) bond motifs is 1. The van der Waals surface area contributed by atoms with E-state index in [2.05, 4.69) is 6.92 Å². The Hall–Kier alpha value is -2.26. The smallest absolute Gasteiger partial charge is 0.262 e. The molecule has 0 N–H and O–H groups in total. The third-order valence-corrected chi connectivity index (χ3v) is 4.44. The van der Waals surface area contributed by atoms with Crippen molar-refractivity contribution in [1.82, 2.24) is 4.57 Å². The summed E-state index contributed by atoms with van der Waals surface area (Å²) in [6.07, 6.45) is 0.871. The molecule has 0 saturated carbocycles. The third-order valence-electron chi connectivity index (χ3n) is 4.19. The summed E-state index contributed by atoms with van der Waals surface area (Å²) in [6, 6.07) is 12.8. The third kappa shape index (κ3) is 2.62. The SMILES string of the molecule is CCc1c(C)n(C(=O)c2ccc(Cl)cc2)c2cc(OC)ccc12. The molecule has 1 aromatic heterocycles. The minimum absolute atomic E-state index is 0.0582. The first-order valence-electron chi connectivity index (χ1n) is 7.55. The lowest BCUT2D eigenvalue weighted by molar-refractivity contribution is 0.0963. The molecule has 0 aliphatic rings. The van der Waals surface area contributed by atoms with E-state index in [0.29, 0.717) is 10.6 Å². The van der Waals surface area contributed by atoms with Crippen molar-refractivity contribution >= 4 is 28.4 Å². The molecule has 0 aliphatic heterocycles. The molecule has 3 rings (SSSR count).